The lowest BCUT2D eigenvalue weighted by Gasteiger charge is -2.34. The van der Waals surface area contributed by atoms with Crippen LogP contribution >= 0.6 is 0 Å². The second kappa shape index (κ2) is 5.88. The fourth-order valence-corrected chi connectivity index (χ4v) is 3.20. The van der Waals surface area contributed by atoms with E-state index in [0.29, 0.717) is 0 Å². The van der Waals surface area contributed by atoms with Gasteiger partial charge in [0.1, 0.15) is 6.29 Å². The molecule has 0 N–H and O–H groups in total. The first kappa shape index (κ1) is 14.7. The highest BCUT2D eigenvalue weighted by atomic mass is 16.1. The highest BCUT2D eigenvalue weighted by Gasteiger charge is 2.32. The number of hydrogen-bond donors (Lipinski definition) is 0. The van der Waals surface area contributed by atoms with E-state index in [2.05, 4.69) is 38.1 Å². The maximum Gasteiger partial charge on any atom is 0.127 e. The first-order chi connectivity index (χ1) is 10.6. The van der Waals surface area contributed by atoms with Crippen molar-refractivity contribution in [2.75, 3.05) is 0 Å². The maximum atomic E-state index is 11.4. The van der Waals surface area contributed by atoms with Crippen LogP contribution in [0.15, 0.2) is 42.5 Å². The predicted molar refractivity (Wildman–Crippen MR) is 90.5 cm³/mol. The van der Waals surface area contributed by atoms with Crippen LogP contribution in [0.3, 0.4) is 0 Å². The molecule has 1 aromatic heterocycles. The van der Waals surface area contributed by atoms with E-state index in [-0.39, 0.29) is 11.3 Å². The van der Waals surface area contributed by atoms with Crippen LogP contribution in [0.2, 0.25) is 0 Å². The molecular formula is C20H21NO. The Balaban J connectivity index is 1.90. The Labute approximate surface area is 131 Å². The Morgan fingerprint density at radius 1 is 1.09 bits per heavy atom. The lowest BCUT2D eigenvalue weighted by molar-refractivity contribution is -0.109. The van der Waals surface area contributed by atoms with Gasteiger partial charge in [-0.1, -0.05) is 56.3 Å². The van der Waals surface area contributed by atoms with Crippen molar-refractivity contribution < 1.29 is 4.79 Å². The number of benzene rings is 1. The molecular weight excluding hydrogens is 270 g/mol. The molecule has 2 heteroatoms. The fraction of sp³-hybridized carbons (Fsp3) is 0.300. The Kier molecular flexibility index (Phi) is 3.93. The number of carbonyl (C=O) groups excluding carboxylic acids is 1. The Morgan fingerprint density at radius 2 is 1.86 bits per heavy atom. The molecule has 1 aliphatic carbocycles. The zero-order valence-electron chi connectivity index (χ0n) is 13.1. The third kappa shape index (κ3) is 3.16. The van der Waals surface area contributed by atoms with E-state index in [4.69, 9.17) is 4.98 Å². The van der Waals surface area contributed by atoms with Gasteiger partial charge in [-0.2, -0.15) is 0 Å². The quantitative estimate of drug-likeness (QED) is 0.779. The summed E-state index contributed by atoms with van der Waals surface area (Å²) in [5.41, 5.74) is 4.42. The Morgan fingerprint density at radius 3 is 2.59 bits per heavy atom. The topological polar surface area (TPSA) is 30.0 Å². The van der Waals surface area contributed by atoms with Crippen LogP contribution < -0.4 is 0 Å². The molecule has 1 aromatic carbocycles. The minimum atomic E-state index is -0.0154. The largest absolute Gasteiger partial charge is 0.303 e. The standard InChI is InChI=1S/C20H21NO/c1-20(2)12-16(14-22)18-11-10-17(21-19(18)13-20)9-8-15-6-4-3-5-7-15/h3-11,14,16H,12-13H2,1-2H3. The number of carbonyl (C=O) groups is 1. The van der Waals surface area contributed by atoms with Gasteiger partial charge >= 0.3 is 0 Å². The molecule has 0 saturated carbocycles. The lowest BCUT2D eigenvalue weighted by atomic mass is 9.71. The molecule has 2 aromatic rings. The summed E-state index contributed by atoms with van der Waals surface area (Å²) in [6, 6.07) is 14.3. The molecule has 0 aliphatic heterocycles. The van der Waals surface area contributed by atoms with Crippen LogP contribution in [0, 0.1) is 5.41 Å². The highest BCUT2D eigenvalue weighted by Crippen LogP contribution is 2.40. The number of nitrogens with zero attached hydrogens (tertiary/aromatic N) is 1. The molecule has 0 bridgehead atoms. The molecule has 0 radical (unpaired) electrons. The third-order valence-corrected chi connectivity index (χ3v) is 4.26. The second-order valence-electron chi connectivity index (χ2n) is 6.80. The van der Waals surface area contributed by atoms with Gasteiger partial charge in [0.05, 0.1) is 5.69 Å². The van der Waals surface area contributed by atoms with Crippen molar-refractivity contribution >= 4 is 18.4 Å². The zero-order valence-corrected chi connectivity index (χ0v) is 13.1. The average molecular weight is 291 g/mol. The monoisotopic (exact) mass is 291 g/mol. The number of aromatic nitrogens is 1. The average Bonchev–Trinajstić information content (AvgIpc) is 2.52. The van der Waals surface area contributed by atoms with Crippen LogP contribution in [0.1, 0.15) is 48.7 Å². The SMILES string of the molecule is CC1(C)Cc2nc(C=Cc3ccccc3)ccc2C(C=O)C1. The van der Waals surface area contributed by atoms with E-state index in [1.165, 1.54) is 0 Å². The van der Waals surface area contributed by atoms with Crippen molar-refractivity contribution in [1.82, 2.24) is 4.98 Å². The van der Waals surface area contributed by atoms with Crippen LogP contribution in [-0.4, -0.2) is 11.3 Å². The number of hydrogen-bond acceptors (Lipinski definition) is 2. The minimum absolute atomic E-state index is 0.0154. The summed E-state index contributed by atoms with van der Waals surface area (Å²) in [5.74, 6) is -0.0154. The molecule has 1 aliphatic rings. The predicted octanol–water partition coefficient (Wildman–Crippen LogP) is 4.51. The van der Waals surface area contributed by atoms with E-state index in [1.807, 2.05) is 30.3 Å². The smallest absolute Gasteiger partial charge is 0.127 e. The van der Waals surface area contributed by atoms with Crippen LogP contribution in [0.5, 0.6) is 0 Å². The van der Waals surface area contributed by atoms with Gasteiger partial charge in [-0.25, -0.2) is 0 Å². The van der Waals surface area contributed by atoms with Gasteiger partial charge in [-0.3, -0.25) is 4.98 Å². The summed E-state index contributed by atoms with van der Waals surface area (Å²) < 4.78 is 0. The molecule has 0 fully saturated rings. The summed E-state index contributed by atoms with van der Waals surface area (Å²) in [7, 11) is 0. The normalized spacial score (nSPS) is 19.8. The Bertz CT molecular complexity index is 701. The van der Waals surface area contributed by atoms with Gasteiger partial charge in [0.25, 0.3) is 0 Å². The van der Waals surface area contributed by atoms with Crippen LogP contribution in [-0.2, 0) is 11.2 Å². The van der Waals surface area contributed by atoms with E-state index in [9.17, 15) is 4.79 Å². The van der Waals surface area contributed by atoms with Crippen molar-refractivity contribution in [3.63, 3.8) is 0 Å². The van der Waals surface area contributed by atoms with Crippen molar-refractivity contribution in [3.05, 3.63) is 65.0 Å². The van der Waals surface area contributed by atoms with Crippen molar-refractivity contribution in [2.45, 2.75) is 32.6 Å². The molecule has 0 spiro atoms. The summed E-state index contributed by atoms with van der Waals surface area (Å²) in [6.45, 7) is 4.42. The zero-order chi connectivity index (χ0) is 15.6. The number of pyridine rings is 1. The molecule has 1 heterocycles. The highest BCUT2D eigenvalue weighted by molar-refractivity contribution is 5.69. The third-order valence-electron chi connectivity index (χ3n) is 4.26. The van der Waals surface area contributed by atoms with Crippen LogP contribution in [0.4, 0.5) is 0 Å². The van der Waals surface area contributed by atoms with Gasteiger partial charge in [0.2, 0.25) is 0 Å². The molecule has 1 atom stereocenters. The van der Waals surface area contributed by atoms with Crippen molar-refractivity contribution in [1.29, 1.82) is 0 Å². The molecule has 2 nitrogen and oxygen atoms in total. The van der Waals surface area contributed by atoms with Crippen LogP contribution in [0.25, 0.3) is 12.2 Å². The second-order valence-corrected chi connectivity index (χ2v) is 6.80. The first-order valence-corrected chi connectivity index (χ1v) is 7.76. The summed E-state index contributed by atoms with van der Waals surface area (Å²) in [6.07, 6.45) is 7.01. The molecule has 22 heavy (non-hydrogen) atoms. The summed E-state index contributed by atoms with van der Waals surface area (Å²) >= 11 is 0. The Hall–Kier alpha value is -2.22. The van der Waals surface area contributed by atoms with Crippen molar-refractivity contribution in [2.24, 2.45) is 5.41 Å². The van der Waals surface area contributed by atoms with Gasteiger partial charge in [0.15, 0.2) is 0 Å². The fourth-order valence-electron chi connectivity index (χ4n) is 3.20. The molecule has 112 valence electrons. The van der Waals surface area contributed by atoms with Crippen molar-refractivity contribution in [3.8, 4) is 0 Å². The van der Waals surface area contributed by atoms with E-state index in [1.54, 1.807) is 0 Å². The van der Waals surface area contributed by atoms with E-state index >= 15 is 0 Å². The summed E-state index contributed by atoms with van der Waals surface area (Å²) in [4.78, 5) is 16.1. The summed E-state index contributed by atoms with van der Waals surface area (Å²) in [5, 5.41) is 0. The molecule has 0 saturated heterocycles. The van der Waals surface area contributed by atoms with Gasteiger partial charge in [0, 0.05) is 11.6 Å². The molecule has 3 rings (SSSR count). The number of fused-ring (bicyclic) bond motifs is 1. The number of aldehydes is 1. The number of rotatable bonds is 3. The van der Waals surface area contributed by atoms with Gasteiger partial charge in [-0.05, 0) is 41.5 Å². The first-order valence-electron chi connectivity index (χ1n) is 7.76. The minimum Gasteiger partial charge on any atom is -0.303 e. The van der Waals surface area contributed by atoms with Gasteiger partial charge in [-0.15, -0.1) is 0 Å². The van der Waals surface area contributed by atoms with E-state index < -0.39 is 0 Å². The van der Waals surface area contributed by atoms with E-state index in [0.717, 1.165) is 41.6 Å². The molecule has 1 unspecified atom stereocenters. The lowest BCUT2D eigenvalue weighted by Crippen LogP contribution is -2.27. The maximum absolute atomic E-state index is 11.4. The molecule has 0 amide bonds. The van der Waals surface area contributed by atoms with Gasteiger partial charge < -0.3 is 4.79 Å².